The number of hydrogen-bond donors (Lipinski definition) is 1. The fraction of sp³-hybridized carbons (Fsp3) is 0.296. The van der Waals surface area contributed by atoms with E-state index in [0.717, 1.165) is 34.4 Å². The van der Waals surface area contributed by atoms with Gasteiger partial charge in [-0.15, -0.1) is 0 Å². The predicted molar refractivity (Wildman–Crippen MR) is 137 cm³/mol. The Kier molecular flexibility index (Phi) is 7.99. The molecule has 0 saturated heterocycles. The van der Waals surface area contributed by atoms with Crippen LogP contribution in [0.4, 0.5) is 5.69 Å². The summed E-state index contributed by atoms with van der Waals surface area (Å²) in [6, 6.07) is 20.3. The second-order valence-electron chi connectivity index (χ2n) is 8.46. The van der Waals surface area contributed by atoms with Crippen molar-refractivity contribution in [2.24, 2.45) is 0 Å². The molecular weight excluding hydrogens is 448 g/mol. The van der Waals surface area contributed by atoms with Crippen molar-refractivity contribution in [3.63, 3.8) is 0 Å². The number of methoxy groups -OCH3 is 1. The molecule has 0 aliphatic carbocycles. The van der Waals surface area contributed by atoms with Gasteiger partial charge < -0.3 is 10.1 Å². The maximum atomic E-state index is 12.9. The number of amides is 1. The van der Waals surface area contributed by atoms with E-state index in [1.807, 2.05) is 63.2 Å². The van der Waals surface area contributed by atoms with E-state index in [4.69, 9.17) is 4.74 Å². The fourth-order valence-corrected chi connectivity index (χ4v) is 4.73. The number of nitrogens with zero attached hydrogens (tertiary/aromatic N) is 1. The SMILES string of the molecule is CCC(NC(=O)c1ccc(CN(c2cc(C)ccc2C)S(C)(=O)=O)cc1)c1ccc(OC)cc1. The van der Waals surface area contributed by atoms with Crippen molar-refractivity contribution in [3.05, 3.63) is 94.5 Å². The van der Waals surface area contributed by atoms with Gasteiger partial charge in [0.2, 0.25) is 10.0 Å². The number of carbonyl (C=O) groups excluding carboxylic acids is 1. The summed E-state index contributed by atoms with van der Waals surface area (Å²) in [5, 5.41) is 3.07. The standard InChI is InChI=1S/C27H32N2O4S/c1-6-25(22-13-15-24(33-4)16-14-22)28-27(30)23-11-9-21(10-12-23)18-29(34(5,31)32)26-17-19(2)7-8-20(26)3/h7-17,25H,6,18H2,1-5H3,(H,28,30). The number of anilines is 1. The number of rotatable bonds is 9. The molecular formula is C27H32N2O4S. The van der Waals surface area contributed by atoms with Gasteiger partial charge in [-0.25, -0.2) is 8.42 Å². The largest absolute Gasteiger partial charge is 0.497 e. The Morgan fingerprint density at radius 2 is 1.65 bits per heavy atom. The van der Waals surface area contributed by atoms with Gasteiger partial charge in [0.15, 0.2) is 0 Å². The second-order valence-corrected chi connectivity index (χ2v) is 10.4. The summed E-state index contributed by atoms with van der Waals surface area (Å²) in [5.41, 5.74) is 4.86. The van der Waals surface area contributed by atoms with Crippen molar-refractivity contribution >= 4 is 21.6 Å². The van der Waals surface area contributed by atoms with E-state index in [0.29, 0.717) is 11.3 Å². The highest BCUT2D eigenvalue weighted by atomic mass is 32.2. The Labute approximate surface area is 202 Å². The molecule has 34 heavy (non-hydrogen) atoms. The van der Waals surface area contributed by atoms with Crippen LogP contribution in [0.25, 0.3) is 0 Å². The first-order valence-corrected chi connectivity index (χ1v) is 13.1. The van der Waals surface area contributed by atoms with E-state index in [2.05, 4.69) is 5.32 Å². The summed E-state index contributed by atoms with van der Waals surface area (Å²) in [6.45, 7) is 6.04. The quantitative estimate of drug-likeness (QED) is 0.459. The predicted octanol–water partition coefficient (Wildman–Crippen LogP) is 5.16. The molecule has 3 aromatic carbocycles. The lowest BCUT2D eigenvalue weighted by molar-refractivity contribution is 0.0935. The summed E-state index contributed by atoms with van der Waals surface area (Å²) in [6.07, 6.45) is 1.95. The minimum absolute atomic E-state index is 0.122. The van der Waals surface area contributed by atoms with Gasteiger partial charge in [0.25, 0.3) is 5.91 Å². The smallest absolute Gasteiger partial charge is 0.251 e. The number of ether oxygens (including phenoxy) is 1. The third kappa shape index (κ3) is 6.17. The van der Waals surface area contributed by atoms with E-state index in [1.54, 1.807) is 31.4 Å². The van der Waals surface area contributed by atoms with Gasteiger partial charge in [-0.2, -0.15) is 0 Å². The molecule has 0 aromatic heterocycles. The van der Waals surface area contributed by atoms with Crippen LogP contribution in [-0.2, 0) is 16.6 Å². The van der Waals surface area contributed by atoms with E-state index in [9.17, 15) is 13.2 Å². The normalized spacial score (nSPS) is 12.1. The van der Waals surface area contributed by atoms with Crippen LogP contribution in [0.2, 0.25) is 0 Å². The molecule has 1 unspecified atom stereocenters. The molecule has 180 valence electrons. The molecule has 7 heteroatoms. The second kappa shape index (κ2) is 10.7. The third-order valence-corrected chi connectivity index (χ3v) is 6.93. The molecule has 0 heterocycles. The maximum absolute atomic E-state index is 12.9. The van der Waals surface area contributed by atoms with Crippen LogP contribution in [-0.4, -0.2) is 27.7 Å². The molecule has 0 bridgehead atoms. The van der Waals surface area contributed by atoms with E-state index in [-0.39, 0.29) is 18.5 Å². The van der Waals surface area contributed by atoms with Crippen LogP contribution in [0.3, 0.4) is 0 Å². The van der Waals surface area contributed by atoms with Crippen molar-refractivity contribution in [1.29, 1.82) is 0 Å². The van der Waals surface area contributed by atoms with E-state index in [1.165, 1.54) is 10.6 Å². The minimum atomic E-state index is -3.49. The number of nitrogens with one attached hydrogen (secondary N) is 1. The fourth-order valence-electron chi connectivity index (χ4n) is 3.80. The van der Waals surface area contributed by atoms with Crippen LogP contribution in [0, 0.1) is 13.8 Å². The number of benzene rings is 3. The average Bonchev–Trinajstić information content (AvgIpc) is 2.82. The zero-order valence-electron chi connectivity index (χ0n) is 20.3. The molecule has 1 atom stereocenters. The topological polar surface area (TPSA) is 75.7 Å². The highest BCUT2D eigenvalue weighted by molar-refractivity contribution is 7.92. The molecule has 0 radical (unpaired) electrons. The summed E-state index contributed by atoms with van der Waals surface area (Å²) in [4.78, 5) is 12.9. The first-order valence-electron chi connectivity index (χ1n) is 11.2. The molecule has 3 aromatic rings. The Balaban J connectivity index is 1.76. The lowest BCUT2D eigenvalue weighted by atomic mass is 10.0. The van der Waals surface area contributed by atoms with Gasteiger partial charge in [0, 0.05) is 5.56 Å². The third-order valence-electron chi connectivity index (χ3n) is 5.81. The van der Waals surface area contributed by atoms with Gasteiger partial charge >= 0.3 is 0 Å². The maximum Gasteiger partial charge on any atom is 0.251 e. The lowest BCUT2D eigenvalue weighted by Crippen LogP contribution is -2.30. The van der Waals surface area contributed by atoms with Crippen LogP contribution in [0.5, 0.6) is 5.75 Å². The van der Waals surface area contributed by atoms with Crippen molar-refractivity contribution < 1.29 is 17.9 Å². The van der Waals surface area contributed by atoms with Gasteiger partial charge in [0.1, 0.15) is 5.75 Å². The molecule has 1 amide bonds. The molecule has 0 fully saturated rings. The molecule has 0 saturated carbocycles. The van der Waals surface area contributed by atoms with Gasteiger partial charge in [-0.3, -0.25) is 9.10 Å². The van der Waals surface area contributed by atoms with Crippen molar-refractivity contribution in [1.82, 2.24) is 5.32 Å². The average molecular weight is 481 g/mol. The van der Waals surface area contributed by atoms with Crippen LogP contribution < -0.4 is 14.4 Å². The first-order chi connectivity index (χ1) is 16.1. The molecule has 6 nitrogen and oxygen atoms in total. The van der Waals surface area contributed by atoms with Crippen molar-refractivity contribution in [3.8, 4) is 5.75 Å². The van der Waals surface area contributed by atoms with Crippen LogP contribution in [0.1, 0.15) is 52.0 Å². The molecule has 0 aliphatic rings. The zero-order valence-corrected chi connectivity index (χ0v) is 21.1. The molecule has 1 N–H and O–H groups in total. The van der Waals surface area contributed by atoms with Crippen molar-refractivity contribution in [2.75, 3.05) is 17.7 Å². The zero-order chi connectivity index (χ0) is 24.9. The number of sulfonamides is 1. The van der Waals surface area contributed by atoms with Gasteiger partial charge in [-0.1, -0.05) is 43.3 Å². The monoisotopic (exact) mass is 480 g/mol. The summed E-state index contributed by atoms with van der Waals surface area (Å²) in [5.74, 6) is 0.591. The number of hydrogen-bond acceptors (Lipinski definition) is 4. The van der Waals surface area contributed by atoms with Gasteiger partial charge in [-0.05, 0) is 72.9 Å². The Bertz CT molecular complexity index is 1240. The molecule has 0 aliphatic heterocycles. The van der Waals surface area contributed by atoms with Crippen LogP contribution in [0.15, 0.2) is 66.7 Å². The van der Waals surface area contributed by atoms with Gasteiger partial charge in [0.05, 0.1) is 31.6 Å². The summed E-state index contributed by atoms with van der Waals surface area (Å²) >= 11 is 0. The van der Waals surface area contributed by atoms with Crippen LogP contribution >= 0.6 is 0 Å². The van der Waals surface area contributed by atoms with Crippen molar-refractivity contribution in [2.45, 2.75) is 39.8 Å². The Hall–Kier alpha value is -3.32. The molecule has 0 spiro atoms. The number of carbonyl (C=O) groups is 1. The Morgan fingerprint density at radius 3 is 2.21 bits per heavy atom. The number of aryl methyl sites for hydroxylation is 2. The lowest BCUT2D eigenvalue weighted by Gasteiger charge is -2.25. The highest BCUT2D eigenvalue weighted by Gasteiger charge is 2.20. The summed E-state index contributed by atoms with van der Waals surface area (Å²) < 4.78 is 31.7. The van der Waals surface area contributed by atoms with E-state index >= 15 is 0 Å². The minimum Gasteiger partial charge on any atom is -0.497 e. The first kappa shape index (κ1) is 25.3. The van der Waals surface area contributed by atoms with E-state index < -0.39 is 10.0 Å². The summed E-state index contributed by atoms with van der Waals surface area (Å²) in [7, 11) is -1.87. The Morgan fingerprint density at radius 1 is 1.00 bits per heavy atom. The molecule has 3 rings (SSSR count). The highest BCUT2D eigenvalue weighted by Crippen LogP contribution is 2.26.